The fourth-order valence-corrected chi connectivity index (χ4v) is 9.86. The Balaban J connectivity index is 0.762. The molecule has 3 atom stereocenters. The minimum absolute atomic E-state index is 0.0364. The van der Waals surface area contributed by atoms with E-state index < -0.39 is 72.6 Å². The average molecular weight is 1220 g/mol. The number of para-hydroxylation sites is 2. The molecule has 4 aromatic carbocycles. The van der Waals surface area contributed by atoms with E-state index in [1.807, 2.05) is 18.2 Å². The summed E-state index contributed by atoms with van der Waals surface area (Å²) in [6, 6.07) is 23.4. The van der Waals surface area contributed by atoms with E-state index >= 15 is 0 Å². The molecule has 0 bridgehead atoms. The summed E-state index contributed by atoms with van der Waals surface area (Å²) in [7, 11) is 0. The molecule has 0 saturated carbocycles. The van der Waals surface area contributed by atoms with Crippen LogP contribution in [-0.2, 0) is 49.5 Å². The predicted octanol–water partition coefficient (Wildman–Crippen LogP) is 3.98. The van der Waals surface area contributed by atoms with Crippen LogP contribution in [0.25, 0.3) is 55.9 Å². The van der Waals surface area contributed by atoms with Gasteiger partial charge in [-0.1, -0.05) is 47.7 Å². The van der Waals surface area contributed by atoms with E-state index in [1.165, 1.54) is 35.2 Å². The number of aromatic nitrogens is 3. The quantitative estimate of drug-likeness (QED) is 0.0137. The van der Waals surface area contributed by atoms with Crippen LogP contribution in [0.1, 0.15) is 36.0 Å². The molecular formula is C58H60N10O16S2. The number of ether oxygens (including phenoxy) is 3. The minimum atomic E-state index is -1.67. The highest BCUT2D eigenvalue weighted by Crippen LogP contribution is 2.47. The Hall–Kier alpha value is -9.32. The number of thiol groups is 1. The van der Waals surface area contributed by atoms with Gasteiger partial charge in [0.15, 0.2) is 10.5 Å². The molecule has 0 spiro atoms. The normalized spacial score (nSPS) is 12.6. The highest BCUT2D eigenvalue weighted by Gasteiger charge is 2.34. The lowest BCUT2D eigenvalue weighted by Gasteiger charge is -2.25. The molecule has 3 aliphatic rings. The summed E-state index contributed by atoms with van der Waals surface area (Å²) in [4.78, 5) is 102. The van der Waals surface area contributed by atoms with Gasteiger partial charge in [-0.2, -0.15) is 12.6 Å². The van der Waals surface area contributed by atoms with E-state index in [0.717, 1.165) is 0 Å². The van der Waals surface area contributed by atoms with Crippen LogP contribution in [0.2, 0.25) is 0 Å². The van der Waals surface area contributed by atoms with Crippen molar-refractivity contribution in [1.29, 1.82) is 0 Å². The van der Waals surface area contributed by atoms with Gasteiger partial charge >= 0.3 is 17.9 Å². The fourth-order valence-electron chi connectivity index (χ4n) is 9.38. The van der Waals surface area contributed by atoms with Gasteiger partial charge in [0.25, 0.3) is 0 Å². The number of aromatic hydroxyl groups is 1. The van der Waals surface area contributed by atoms with E-state index in [0.29, 0.717) is 68.2 Å². The molecule has 5 aromatic rings. The van der Waals surface area contributed by atoms with Crippen molar-refractivity contribution >= 4 is 99.5 Å². The lowest BCUT2D eigenvalue weighted by molar-refractivity contribution is -0.143. The number of phenolic OH excluding ortho intramolecular Hbond substituents is 1. The van der Waals surface area contributed by atoms with Gasteiger partial charge in [0.05, 0.1) is 75.2 Å². The lowest BCUT2D eigenvalue weighted by Crippen LogP contribution is -2.56. The second-order valence-electron chi connectivity index (χ2n) is 19.4. The van der Waals surface area contributed by atoms with Crippen molar-refractivity contribution in [3.05, 3.63) is 119 Å². The minimum Gasteiger partial charge on any atom is -0.508 e. The summed E-state index contributed by atoms with van der Waals surface area (Å²) < 4.78 is 24.9. The molecule has 1 aliphatic carbocycles. The smallest absolute Gasteiger partial charge is 0.336 e. The van der Waals surface area contributed by atoms with Gasteiger partial charge in [0.1, 0.15) is 40.9 Å². The monoisotopic (exact) mass is 1220 g/mol. The molecule has 8 rings (SSSR count). The van der Waals surface area contributed by atoms with Crippen molar-refractivity contribution in [1.82, 2.24) is 36.3 Å². The first-order chi connectivity index (χ1) is 41.4. The number of carboxylic acid groups (broad SMARTS) is 3. The second kappa shape index (κ2) is 29.5. The van der Waals surface area contributed by atoms with Gasteiger partial charge in [-0.25, -0.2) is 14.3 Å². The van der Waals surface area contributed by atoms with Crippen molar-refractivity contribution in [3.8, 4) is 50.7 Å². The zero-order chi connectivity index (χ0) is 61.4. The fraction of sp³-hybridized carbons (Fsp3) is 0.293. The Morgan fingerprint density at radius 2 is 1.41 bits per heavy atom. The number of amides is 4. The number of phenols is 1. The maximum atomic E-state index is 14.2. The summed E-state index contributed by atoms with van der Waals surface area (Å²) >= 11 is 9.43. The second-order valence-corrected chi connectivity index (χ2v) is 20.2. The standard InChI is InChI=1S/C58H60N10O16S2/c59-41(54(75)64-43(30-50(73)74)55(76)63-42(17-26-85)57(79)80)31-61-48(71)15-16-49(72)68-44-7-3-1-5-36(44)52-53(37-6-2-4-8-45(37)68)67(66-65-52)19-21-82-23-25-83-24-22-81-20-18-60-58(86)62-32-9-12-35(40(27-32)56(77)78)51-38-13-10-33(69)28-46(38)84-47-29-34(70)11-14-39(47)51/h1-14,27-29,41-43,69,85H,15-26,30-31,59H2,(H,61,71)(H,63,76)(H,64,75)(H,73,74)(H,77,78)(H,79,80)(H2,60,62,86)/t41-,42-,43-/m1/s1. The van der Waals surface area contributed by atoms with Crippen molar-refractivity contribution in [2.75, 3.05) is 68.7 Å². The van der Waals surface area contributed by atoms with E-state index in [1.54, 1.807) is 59.3 Å². The third kappa shape index (κ3) is 15.7. The number of hydrogen-bond acceptors (Lipinski definition) is 18. The van der Waals surface area contributed by atoms with E-state index in [2.05, 4.69) is 49.5 Å². The van der Waals surface area contributed by atoms with Crippen molar-refractivity contribution in [2.45, 2.75) is 50.4 Å². The van der Waals surface area contributed by atoms with Crippen LogP contribution in [0.15, 0.2) is 112 Å². The average Bonchev–Trinajstić information content (AvgIpc) is 1.39. The molecule has 28 heteroatoms. The number of rotatable bonds is 29. The molecule has 450 valence electrons. The van der Waals surface area contributed by atoms with Gasteiger partial charge in [0, 0.05) is 71.4 Å². The summed E-state index contributed by atoms with van der Waals surface area (Å²) in [5.41, 5.74) is 11.1. The third-order valence-electron chi connectivity index (χ3n) is 13.4. The number of benzene rings is 5. The summed E-state index contributed by atoms with van der Waals surface area (Å²) in [5, 5.41) is 61.8. The molecule has 0 radical (unpaired) electrons. The number of hydrogen-bond donors (Lipinski definition) is 11. The van der Waals surface area contributed by atoms with Crippen LogP contribution in [0, 0.1) is 0 Å². The number of nitrogens with one attached hydrogen (secondary N) is 5. The van der Waals surface area contributed by atoms with Gasteiger partial charge in [-0.15, -0.1) is 5.10 Å². The molecule has 11 N–H and O–H groups in total. The van der Waals surface area contributed by atoms with E-state index in [4.69, 9.17) is 36.6 Å². The Morgan fingerprint density at radius 3 is 2.12 bits per heavy atom. The Kier molecular flexibility index (Phi) is 21.5. The van der Waals surface area contributed by atoms with E-state index in [9.17, 15) is 58.8 Å². The molecule has 0 fully saturated rings. The Bertz CT molecular complexity index is 3710. The number of aliphatic carboxylic acids is 2. The van der Waals surface area contributed by atoms with Crippen molar-refractivity contribution in [2.24, 2.45) is 5.73 Å². The van der Waals surface area contributed by atoms with Crippen LogP contribution in [0.4, 0.5) is 17.1 Å². The number of fused-ring (bicyclic) bond motifs is 7. The molecule has 26 nitrogen and oxygen atoms in total. The van der Waals surface area contributed by atoms with Crippen LogP contribution < -0.4 is 42.6 Å². The molecule has 3 heterocycles. The molecular weight excluding hydrogens is 1160 g/mol. The Morgan fingerprint density at radius 1 is 0.733 bits per heavy atom. The molecule has 2 aliphatic heterocycles. The SMILES string of the molecule is N[C@H](CNC(=O)CCC(=O)N1c2ccccc2-c2nnn(CCOCCOCCOCCNC(=S)Nc3ccc(-c4c5ccc(=O)cc-5oc5cc(O)ccc45)c(C(=O)O)c3)c2-c2ccccc21)C(=O)N[C@H](CC(=O)O)C(=O)N[C@H](CCS)C(=O)O. The van der Waals surface area contributed by atoms with Crippen LogP contribution in [-0.4, -0.2) is 159 Å². The highest BCUT2D eigenvalue weighted by atomic mass is 32.1. The molecule has 86 heavy (non-hydrogen) atoms. The summed E-state index contributed by atoms with van der Waals surface area (Å²) in [6.07, 6.45) is -1.54. The number of aromatic carboxylic acids is 1. The maximum absolute atomic E-state index is 14.2. The number of anilines is 3. The van der Waals surface area contributed by atoms with Crippen LogP contribution in [0.5, 0.6) is 5.75 Å². The maximum Gasteiger partial charge on any atom is 0.336 e. The molecule has 4 amide bonds. The molecule has 0 unspecified atom stereocenters. The van der Waals surface area contributed by atoms with E-state index in [-0.39, 0.29) is 104 Å². The topological polar surface area (TPSA) is 378 Å². The summed E-state index contributed by atoms with van der Waals surface area (Å²) in [6.45, 7) is 1.81. The first-order valence-corrected chi connectivity index (χ1v) is 28.0. The molecule has 1 aromatic heterocycles. The number of nitrogens with zero attached hydrogens (tertiary/aromatic N) is 4. The van der Waals surface area contributed by atoms with Crippen LogP contribution in [0.3, 0.4) is 0 Å². The van der Waals surface area contributed by atoms with Gasteiger partial charge in [-0.05, 0) is 78.5 Å². The number of carbonyl (C=O) groups excluding carboxylic acids is 4. The zero-order valence-electron chi connectivity index (χ0n) is 45.9. The number of carboxylic acids is 3. The van der Waals surface area contributed by atoms with Gasteiger partial charge < -0.3 is 71.4 Å². The number of carbonyl (C=O) groups is 7. The largest absolute Gasteiger partial charge is 0.508 e. The van der Waals surface area contributed by atoms with Crippen LogP contribution >= 0.6 is 24.8 Å². The molecule has 0 saturated heterocycles. The highest BCUT2D eigenvalue weighted by molar-refractivity contribution is 7.80. The number of nitrogens with two attached hydrogens (primary N) is 1. The number of thiocarbonyl (C=S) groups is 1. The third-order valence-corrected chi connectivity index (χ3v) is 13.9. The lowest BCUT2D eigenvalue weighted by atomic mass is 9.90. The predicted molar refractivity (Wildman–Crippen MR) is 320 cm³/mol. The zero-order valence-corrected chi connectivity index (χ0v) is 47.6. The van der Waals surface area contributed by atoms with Gasteiger partial charge in [0.2, 0.25) is 23.6 Å². The first-order valence-electron chi connectivity index (χ1n) is 26.9. The van der Waals surface area contributed by atoms with Crippen molar-refractivity contribution < 1.29 is 72.6 Å². The summed E-state index contributed by atoms with van der Waals surface area (Å²) in [5.74, 6) is -6.87. The Labute approximate surface area is 500 Å². The van der Waals surface area contributed by atoms with Crippen molar-refractivity contribution in [3.63, 3.8) is 0 Å². The first kappa shape index (κ1) is 62.7. The van der Waals surface area contributed by atoms with Gasteiger partial charge in [-0.3, -0.25) is 33.7 Å².